The fourth-order valence-corrected chi connectivity index (χ4v) is 4.12. The molecule has 1 N–H and O–H groups in total. The molecule has 0 bridgehead atoms. The normalized spacial score (nSPS) is 11.8. The number of aromatic hydroxyl groups is 1. The van der Waals surface area contributed by atoms with Crippen LogP contribution in [-0.2, 0) is 0 Å². The molecule has 5 nitrogen and oxygen atoms in total. The smallest absolute Gasteiger partial charge is 0.283 e. The fourth-order valence-electron chi connectivity index (χ4n) is 3.06. The van der Waals surface area contributed by atoms with Crippen LogP contribution in [0.4, 0.5) is 0 Å². The molecule has 0 unspecified atom stereocenters. The second kappa shape index (κ2) is 6.07. The van der Waals surface area contributed by atoms with Crippen molar-refractivity contribution in [3.63, 3.8) is 0 Å². The van der Waals surface area contributed by atoms with Crippen molar-refractivity contribution in [2.75, 3.05) is 0 Å². The van der Waals surface area contributed by atoms with Crippen LogP contribution in [0.15, 0.2) is 46.3 Å². The number of benzene rings is 2. The van der Waals surface area contributed by atoms with Gasteiger partial charge in [-0.1, -0.05) is 30.3 Å². The van der Waals surface area contributed by atoms with Crippen LogP contribution in [-0.4, -0.2) is 21.0 Å². The third-order valence-corrected chi connectivity index (χ3v) is 5.69. The molecule has 4 rings (SSSR count). The second-order valence-corrected chi connectivity index (χ2v) is 7.41. The predicted molar refractivity (Wildman–Crippen MR) is 107 cm³/mol. The Hall–Kier alpha value is -2.99. The van der Waals surface area contributed by atoms with Crippen LogP contribution in [0.5, 0.6) is 5.75 Å². The van der Waals surface area contributed by atoms with Crippen molar-refractivity contribution in [3.8, 4) is 5.75 Å². The lowest BCUT2D eigenvalue weighted by molar-refractivity contribution is 0.475. The summed E-state index contributed by atoms with van der Waals surface area (Å²) in [7, 11) is 0. The lowest BCUT2D eigenvalue weighted by Gasteiger charge is -2.06. The number of aromatic nitrogens is 2. The van der Waals surface area contributed by atoms with Crippen molar-refractivity contribution >= 4 is 38.5 Å². The largest absolute Gasteiger partial charge is 0.507 e. The Balaban J connectivity index is 1.92. The maximum atomic E-state index is 12.9. The first-order chi connectivity index (χ1) is 12.5. The molecule has 0 fully saturated rings. The van der Waals surface area contributed by atoms with Gasteiger partial charge in [-0.05, 0) is 43.2 Å². The van der Waals surface area contributed by atoms with Gasteiger partial charge in [0.15, 0.2) is 0 Å². The van der Waals surface area contributed by atoms with Crippen LogP contribution in [0, 0.1) is 20.8 Å². The van der Waals surface area contributed by atoms with Crippen LogP contribution in [0.3, 0.4) is 0 Å². The maximum absolute atomic E-state index is 12.9. The third kappa shape index (κ3) is 2.50. The Bertz CT molecular complexity index is 1250. The van der Waals surface area contributed by atoms with Gasteiger partial charge in [0, 0.05) is 10.4 Å². The number of thiophene rings is 1. The third-order valence-electron chi connectivity index (χ3n) is 4.59. The van der Waals surface area contributed by atoms with Crippen LogP contribution in [0.25, 0.3) is 21.0 Å². The number of hydrogen-bond donors (Lipinski definition) is 1. The highest BCUT2D eigenvalue weighted by Gasteiger charge is 2.14. The monoisotopic (exact) mass is 363 g/mol. The van der Waals surface area contributed by atoms with E-state index in [-0.39, 0.29) is 11.3 Å². The van der Waals surface area contributed by atoms with Crippen molar-refractivity contribution in [2.24, 2.45) is 5.10 Å². The van der Waals surface area contributed by atoms with E-state index >= 15 is 0 Å². The fraction of sp³-hybridized carbons (Fsp3) is 0.150. The molecule has 0 aliphatic heterocycles. The number of nitrogens with zero attached hydrogens (tertiary/aromatic N) is 3. The Morgan fingerprint density at radius 3 is 2.73 bits per heavy atom. The number of hydrogen-bond acceptors (Lipinski definition) is 5. The number of rotatable bonds is 2. The van der Waals surface area contributed by atoms with Gasteiger partial charge in [0.2, 0.25) is 0 Å². The summed E-state index contributed by atoms with van der Waals surface area (Å²) in [5.74, 6) is 0.634. The molecule has 2 heterocycles. The Kier molecular flexibility index (Phi) is 3.85. The molecule has 2 aromatic carbocycles. The molecule has 0 amide bonds. The Morgan fingerprint density at radius 1 is 1.15 bits per heavy atom. The Morgan fingerprint density at radius 2 is 1.92 bits per heavy atom. The minimum atomic E-state index is -0.190. The number of aryl methyl sites for hydroxylation is 3. The number of phenols is 1. The highest BCUT2D eigenvalue weighted by Crippen LogP contribution is 2.27. The van der Waals surface area contributed by atoms with Gasteiger partial charge >= 0.3 is 0 Å². The molecule has 26 heavy (non-hydrogen) atoms. The molecule has 0 atom stereocenters. The zero-order valence-corrected chi connectivity index (χ0v) is 15.5. The number of fused-ring (bicyclic) bond motifs is 2. The van der Waals surface area contributed by atoms with Crippen LogP contribution in [0.1, 0.15) is 21.8 Å². The average Bonchev–Trinajstić information content (AvgIpc) is 2.90. The van der Waals surface area contributed by atoms with Gasteiger partial charge in [-0.2, -0.15) is 9.78 Å². The summed E-state index contributed by atoms with van der Waals surface area (Å²) >= 11 is 1.52. The van der Waals surface area contributed by atoms with Crippen LogP contribution in [0.2, 0.25) is 0 Å². The first-order valence-electron chi connectivity index (χ1n) is 8.22. The van der Waals surface area contributed by atoms with E-state index in [1.165, 1.54) is 22.2 Å². The highest BCUT2D eigenvalue weighted by atomic mass is 32.1. The van der Waals surface area contributed by atoms with E-state index in [0.29, 0.717) is 16.8 Å². The van der Waals surface area contributed by atoms with E-state index in [9.17, 15) is 9.90 Å². The van der Waals surface area contributed by atoms with Gasteiger partial charge in [0.25, 0.3) is 5.56 Å². The predicted octanol–water partition coefficient (Wildman–Crippen LogP) is 4.12. The van der Waals surface area contributed by atoms with E-state index in [1.807, 2.05) is 44.2 Å². The summed E-state index contributed by atoms with van der Waals surface area (Å²) in [4.78, 5) is 19.2. The first kappa shape index (κ1) is 16.5. The van der Waals surface area contributed by atoms with Crippen molar-refractivity contribution in [1.82, 2.24) is 9.66 Å². The van der Waals surface area contributed by atoms with Crippen molar-refractivity contribution < 1.29 is 5.11 Å². The Labute approximate surface area is 153 Å². The molecular weight excluding hydrogens is 346 g/mol. The van der Waals surface area contributed by atoms with E-state index in [4.69, 9.17) is 0 Å². The summed E-state index contributed by atoms with van der Waals surface area (Å²) in [5, 5.41) is 17.1. The van der Waals surface area contributed by atoms with Gasteiger partial charge < -0.3 is 5.11 Å². The maximum Gasteiger partial charge on any atom is 0.283 e. The molecular formula is C20H17N3O2S. The van der Waals surface area contributed by atoms with Gasteiger partial charge in [0.1, 0.15) is 16.4 Å². The molecule has 6 heteroatoms. The minimum Gasteiger partial charge on any atom is -0.507 e. The standard InChI is InChI=1S/C20H17N3O2S/c1-11-12(2)26-19-18(11)20(25)23(13(3)22-19)21-10-16-15-7-5-4-6-14(15)8-9-17(16)24/h4-10,24H,1-3H3/b21-10+. The summed E-state index contributed by atoms with van der Waals surface area (Å²) in [6.07, 6.45) is 1.52. The molecule has 130 valence electrons. The van der Waals surface area contributed by atoms with E-state index in [1.54, 1.807) is 13.0 Å². The highest BCUT2D eigenvalue weighted by molar-refractivity contribution is 7.18. The van der Waals surface area contributed by atoms with Crippen molar-refractivity contribution in [1.29, 1.82) is 0 Å². The average molecular weight is 363 g/mol. The number of phenolic OH excluding ortho intramolecular Hbond substituents is 1. The lowest BCUT2D eigenvalue weighted by atomic mass is 10.0. The van der Waals surface area contributed by atoms with Crippen molar-refractivity contribution in [3.05, 3.63) is 68.6 Å². The summed E-state index contributed by atoms with van der Waals surface area (Å²) in [5.41, 5.74) is 1.33. The van der Waals surface area contributed by atoms with Gasteiger partial charge in [-0.3, -0.25) is 4.79 Å². The van der Waals surface area contributed by atoms with E-state index in [0.717, 1.165) is 26.0 Å². The van der Waals surface area contributed by atoms with Crippen LogP contribution < -0.4 is 5.56 Å². The molecule has 0 spiro atoms. The molecule has 0 aliphatic rings. The molecule has 0 radical (unpaired) electrons. The van der Waals surface area contributed by atoms with Gasteiger partial charge in [-0.25, -0.2) is 4.98 Å². The topological polar surface area (TPSA) is 67.5 Å². The van der Waals surface area contributed by atoms with E-state index in [2.05, 4.69) is 10.1 Å². The summed E-state index contributed by atoms with van der Waals surface area (Å²) in [6.45, 7) is 5.67. The van der Waals surface area contributed by atoms with E-state index < -0.39 is 0 Å². The second-order valence-electron chi connectivity index (χ2n) is 6.20. The van der Waals surface area contributed by atoms with Gasteiger partial charge in [-0.15, -0.1) is 11.3 Å². The zero-order chi connectivity index (χ0) is 18.4. The lowest BCUT2D eigenvalue weighted by Crippen LogP contribution is -2.20. The quantitative estimate of drug-likeness (QED) is 0.545. The molecule has 0 saturated heterocycles. The van der Waals surface area contributed by atoms with Crippen molar-refractivity contribution in [2.45, 2.75) is 20.8 Å². The zero-order valence-electron chi connectivity index (χ0n) is 14.6. The summed E-state index contributed by atoms with van der Waals surface area (Å²) in [6, 6.07) is 11.2. The van der Waals surface area contributed by atoms with Gasteiger partial charge in [0.05, 0.1) is 11.6 Å². The first-order valence-corrected chi connectivity index (χ1v) is 9.03. The molecule has 2 aromatic heterocycles. The molecule has 0 saturated carbocycles. The molecule has 4 aromatic rings. The van der Waals surface area contributed by atoms with Crippen LogP contribution >= 0.6 is 11.3 Å². The SMILES string of the molecule is Cc1sc2nc(C)n(/N=C/c3c(O)ccc4ccccc34)c(=O)c2c1C. The molecule has 0 aliphatic carbocycles. The summed E-state index contributed by atoms with van der Waals surface area (Å²) < 4.78 is 1.29. The minimum absolute atomic E-state index is 0.120.